The van der Waals surface area contributed by atoms with E-state index in [9.17, 15) is 13.2 Å². The number of amides is 1. The first kappa shape index (κ1) is 17.4. The van der Waals surface area contributed by atoms with Crippen LogP contribution >= 0.6 is 0 Å². The molecular formula is C14H20N2O4S. The Kier molecular flexibility index (Phi) is 6.54. The lowest BCUT2D eigenvalue weighted by atomic mass is 10.2. The van der Waals surface area contributed by atoms with Crippen LogP contribution < -0.4 is 10.0 Å². The third-order valence-electron chi connectivity index (χ3n) is 2.67. The number of rotatable bonds is 8. The van der Waals surface area contributed by atoms with E-state index >= 15 is 0 Å². The van der Waals surface area contributed by atoms with Crippen LogP contribution in [0, 0.1) is 0 Å². The summed E-state index contributed by atoms with van der Waals surface area (Å²) in [4.78, 5) is 11.5. The number of carbonyl (C=O) groups is 1. The number of methoxy groups -OCH3 is 1. The summed E-state index contributed by atoms with van der Waals surface area (Å²) in [5.41, 5.74) is 1.23. The van der Waals surface area contributed by atoms with Crippen molar-refractivity contribution in [1.82, 2.24) is 10.0 Å². The van der Waals surface area contributed by atoms with Gasteiger partial charge in [0, 0.05) is 25.8 Å². The monoisotopic (exact) mass is 312 g/mol. The Morgan fingerprint density at radius 3 is 2.43 bits per heavy atom. The Labute approximate surface area is 125 Å². The standard InChI is InChI=1S/C14H20N2O4S/c1-11(2)14(17)15-10-12-4-6-13(7-5-12)21(18,19)16-8-9-20-3/h4-7,16H,1,8-10H2,2-3H3,(H,15,17). The van der Waals surface area contributed by atoms with Crippen LogP contribution in [0.3, 0.4) is 0 Å². The SMILES string of the molecule is C=C(C)C(=O)NCc1ccc(S(=O)(=O)NCCOC)cc1. The fraction of sp³-hybridized carbons (Fsp3) is 0.357. The Morgan fingerprint density at radius 2 is 1.90 bits per heavy atom. The van der Waals surface area contributed by atoms with Gasteiger partial charge in [-0.15, -0.1) is 0 Å². The molecule has 1 aromatic rings. The van der Waals surface area contributed by atoms with Crippen LogP contribution in [0.25, 0.3) is 0 Å². The van der Waals surface area contributed by atoms with E-state index in [0.29, 0.717) is 18.7 Å². The minimum absolute atomic E-state index is 0.175. The molecule has 1 rings (SSSR count). The number of sulfonamides is 1. The van der Waals surface area contributed by atoms with Crippen molar-refractivity contribution >= 4 is 15.9 Å². The van der Waals surface area contributed by atoms with Gasteiger partial charge < -0.3 is 10.1 Å². The molecule has 116 valence electrons. The molecule has 0 unspecified atom stereocenters. The van der Waals surface area contributed by atoms with Gasteiger partial charge in [-0.2, -0.15) is 0 Å². The van der Waals surface area contributed by atoms with Gasteiger partial charge in [0.05, 0.1) is 11.5 Å². The van der Waals surface area contributed by atoms with Crippen LogP contribution in [0.5, 0.6) is 0 Å². The van der Waals surface area contributed by atoms with Crippen molar-refractivity contribution in [2.45, 2.75) is 18.4 Å². The molecule has 0 aliphatic rings. The van der Waals surface area contributed by atoms with Crippen LogP contribution in [-0.2, 0) is 26.1 Å². The van der Waals surface area contributed by atoms with Crippen LogP contribution in [0.15, 0.2) is 41.3 Å². The fourth-order valence-corrected chi connectivity index (χ4v) is 2.49. The average molecular weight is 312 g/mol. The topological polar surface area (TPSA) is 84.5 Å². The van der Waals surface area contributed by atoms with Gasteiger partial charge in [0.1, 0.15) is 0 Å². The number of benzene rings is 1. The van der Waals surface area contributed by atoms with E-state index in [2.05, 4.69) is 16.6 Å². The quantitative estimate of drug-likeness (QED) is 0.549. The minimum atomic E-state index is -3.53. The third kappa shape index (κ3) is 5.66. The van der Waals surface area contributed by atoms with Gasteiger partial charge in [-0.1, -0.05) is 18.7 Å². The van der Waals surface area contributed by atoms with E-state index in [1.165, 1.54) is 19.2 Å². The van der Waals surface area contributed by atoms with Gasteiger partial charge >= 0.3 is 0 Å². The van der Waals surface area contributed by atoms with Gasteiger partial charge in [-0.25, -0.2) is 13.1 Å². The third-order valence-corrected chi connectivity index (χ3v) is 4.15. The summed E-state index contributed by atoms with van der Waals surface area (Å²) in [6.07, 6.45) is 0. The zero-order chi connectivity index (χ0) is 15.9. The number of hydrogen-bond acceptors (Lipinski definition) is 4. The Balaban J connectivity index is 2.65. The zero-order valence-corrected chi connectivity index (χ0v) is 13.0. The molecule has 0 heterocycles. The van der Waals surface area contributed by atoms with Crippen molar-refractivity contribution in [3.8, 4) is 0 Å². The normalized spacial score (nSPS) is 11.1. The lowest BCUT2D eigenvalue weighted by molar-refractivity contribution is -0.117. The largest absolute Gasteiger partial charge is 0.383 e. The van der Waals surface area contributed by atoms with E-state index in [1.54, 1.807) is 19.1 Å². The molecule has 1 aromatic carbocycles. The molecule has 0 spiro atoms. The van der Waals surface area contributed by atoms with Gasteiger partial charge in [0.15, 0.2) is 0 Å². The van der Waals surface area contributed by atoms with Crippen LogP contribution in [0.2, 0.25) is 0 Å². The molecule has 1 amide bonds. The number of carbonyl (C=O) groups excluding carboxylic acids is 1. The summed E-state index contributed by atoms with van der Waals surface area (Å²) in [5, 5.41) is 2.68. The lowest BCUT2D eigenvalue weighted by Crippen LogP contribution is -2.27. The smallest absolute Gasteiger partial charge is 0.246 e. The number of nitrogens with one attached hydrogen (secondary N) is 2. The maximum absolute atomic E-state index is 11.9. The Bertz CT molecular complexity index is 594. The highest BCUT2D eigenvalue weighted by Gasteiger charge is 2.12. The first-order valence-electron chi connectivity index (χ1n) is 6.38. The van der Waals surface area contributed by atoms with Crippen molar-refractivity contribution in [3.63, 3.8) is 0 Å². The van der Waals surface area contributed by atoms with E-state index in [0.717, 1.165) is 5.56 Å². The summed E-state index contributed by atoms with van der Waals surface area (Å²) in [7, 11) is -2.02. The second-order valence-corrected chi connectivity index (χ2v) is 6.26. The highest BCUT2D eigenvalue weighted by atomic mass is 32.2. The maximum Gasteiger partial charge on any atom is 0.246 e. The molecule has 2 N–H and O–H groups in total. The molecule has 6 nitrogen and oxygen atoms in total. The second-order valence-electron chi connectivity index (χ2n) is 4.50. The summed E-state index contributed by atoms with van der Waals surface area (Å²) in [6.45, 7) is 6.01. The minimum Gasteiger partial charge on any atom is -0.383 e. The van der Waals surface area contributed by atoms with Crippen molar-refractivity contribution < 1.29 is 17.9 Å². The predicted octanol–water partition coefficient (Wildman–Crippen LogP) is 0.804. The van der Waals surface area contributed by atoms with E-state index in [-0.39, 0.29) is 17.3 Å². The Hall–Kier alpha value is -1.70. The highest BCUT2D eigenvalue weighted by Crippen LogP contribution is 2.10. The van der Waals surface area contributed by atoms with E-state index < -0.39 is 10.0 Å². The zero-order valence-electron chi connectivity index (χ0n) is 12.2. The van der Waals surface area contributed by atoms with Crippen LogP contribution in [-0.4, -0.2) is 34.6 Å². The van der Waals surface area contributed by atoms with Gasteiger partial charge in [-0.05, 0) is 24.6 Å². The predicted molar refractivity (Wildman–Crippen MR) is 80.2 cm³/mol. The molecule has 21 heavy (non-hydrogen) atoms. The van der Waals surface area contributed by atoms with Gasteiger partial charge in [0.25, 0.3) is 0 Å². The van der Waals surface area contributed by atoms with Crippen molar-refractivity contribution in [3.05, 3.63) is 42.0 Å². The van der Waals surface area contributed by atoms with Crippen molar-refractivity contribution in [2.24, 2.45) is 0 Å². The highest BCUT2D eigenvalue weighted by molar-refractivity contribution is 7.89. The molecule has 7 heteroatoms. The molecule has 0 aliphatic heterocycles. The molecule has 0 aromatic heterocycles. The first-order valence-corrected chi connectivity index (χ1v) is 7.86. The summed E-state index contributed by atoms with van der Waals surface area (Å²) in [5.74, 6) is -0.229. The molecule has 0 atom stereocenters. The molecule has 0 aliphatic carbocycles. The van der Waals surface area contributed by atoms with Crippen LogP contribution in [0.4, 0.5) is 0 Å². The average Bonchev–Trinajstić information content (AvgIpc) is 2.45. The van der Waals surface area contributed by atoms with Crippen LogP contribution in [0.1, 0.15) is 12.5 Å². The molecule has 0 fully saturated rings. The molecule has 0 saturated carbocycles. The molecule has 0 saturated heterocycles. The van der Waals surface area contributed by atoms with Crippen molar-refractivity contribution in [1.29, 1.82) is 0 Å². The molecule has 0 bridgehead atoms. The maximum atomic E-state index is 11.9. The summed E-state index contributed by atoms with van der Waals surface area (Å²) >= 11 is 0. The molecule has 0 radical (unpaired) electrons. The number of hydrogen-bond donors (Lipinski definition) is 2. The van der Waals surface area contributed by atoms with Gasteiger partial charge in [-0.3, -0.25) is 4.79 Å². The number of ether oxygens (including phenoxy) is 1. The fourth-order valence-electron chi connectivity index (χ4n) is 1.48. The summed E-state index contributed by atoms with van der Waals surface area (Å²) in [6, 6.07) is 6.31. The van der Waals surface area contributed by atoms with E-state index in [1.807, 2.05) is 0 Å². The van der Waals surface area contributed by atoms with E-state index in [4.69, 9.17) is 4.74 Å². The molecular weight excluding hydrogens is 292 g/mol. The first-order chi connectivity index (χ1) is 9.86. The second kappa shape index (κ2) is 7.92. The van der Waals surface area contributed by atoms with Crippen molar-refractivity contribution in [2.75, 3.05) is 20.3 Å². The lowest BCUT2D eigenvalue weighted by Gasteiger charge is -2.08. The van der Waals surface area contributed by atoms with Gasteiger partial charge in [0.2, 0.25) is 15.9 Å². The Morgan fingerprint density at radius 1 is 1.29 bits per heavy atom. The summed E-state index contributed by atoms with van der Waals surface area (Å²) < 4.78 is 31.1.